The predicted molar refractivity (Wildman–Crippen MR) is 99.1 cm³/mol. The van der Waals surface area contributed by atoms with Crippen molar-refractivity contribution in [2.24, 2.45) is 10.7 Å². The number of nitrogens with zero attached hydrogens (tertiary/aromatic N) is 4. The predicted octanol–water partition coefficient (Wildman–Crippen LogP) is 2.42. The number of aromatic nitrogens is 2. The van der Waals surface area contributed by atoms with E-state index in [9.17, 15) is 9.18 Å². The van der Waals surface area contributed by atoms with Crippen molar-refractivity contribution in [3.8, 4) is 22.6 Å². The van der Waals surface area contributed by atoms with Gasteiger partial charge in [-0.25, -0.2) is 9.38 Å². The van der Waals surface area contributed by atoms with Gasteiger partial charge in [-0.05, 0) is 29.8 Å². The molecule has 2 aliphatic heterocycles. The van der Waals surface area contributed by atoms with Crippen molar-refractivity contribution < 1.29 is 13.9 Å². The van der Waals surface area contributed by atoms with Crippen LogP contribution >= 0.6 is 0 Å². The summed E-state index contributed by atoms with van der Waals surface area (Å²) in [5.41, 5.74) is 6.97. The number of guanidine groups is 1. The first-order valence-electron chi connectivity index (χ1n) is 8.52. The van der Waals surface area contributed by atoms with Crippen LogP contribution in [0.15, 0.2) is 60.1 Å². The van der Waals surface area contributed by atoms with Gasteiger partial charge in [0.25, 0.3) is 5.91 Å². The molecule has 0 saturated heterocycles. The number of hydrogen-bond acceptors (Lipinski definition) is 6. The second kappa shape index (κ2) is 5.59. The van der Waals surface area contributed by atoms with E-state index in [1.165, 1.54) is 11.0 Å². The van der Waals surface area contributed by atoms with E-state index in [1.807, 2.05) is 0 Å². The normalized spacial score (nSPS) is 19.9. The van der Waals surface area contributed by atoms with Crippen molar-refractivity contribution in [1.29, 1.82) is 0 Å². The number of amides is 1. The number of rotatable bonds is 1. The maximum absolute atomic E-state index is 13.7. The first kappa shape index (κ1) is 16.4. The SMILES string of the molecule is CN1C(=O)C2(N=C1N)c1ccncc1Oc1ccc(-c3cncc(F)c3)cc12. The van der Waals surface area contributed by atoms with Gasteiger partial charge in [0, 0.05) is 36.1 Å². The Hall–Kier alpha value is -3.81. The van der Waals surface area contributed by atoms with E-state index < -0.39 is 11.4 Å². The van der Waals surface area contributed by atoms with Crippen molar-refractivity contribution >= 4 is 11.9 Å². The Morgan fingerprint density at radius 1 is 1.04 bits per heavy atom. The van der Waals surface area contributed by atoms with Gasteiger partial charge in [-0.3, -0.25) is 19.7 Å². The second-order valence-corrected chi connectivity index (χ2v) is 6.62. The summed E-state index contributed by atoms with van der Waals surface area (Å²) >= 11 is 0. The van der Waals surface area contributed by atoms with Crippen LogP contribution in [-0.2, 0) is 10.3 Å². The monoisotopic (exact) mass is 375 g/mol. The number of halogens is 1. The minimum absolute atomic E-state index is 0.110. The first-order valence-corrected chi connectivity index (χ1v) is 8.52. The summed E-state index contributed by atoms with van der Waals surface area (Å²) in [6, 6.07) is 8.35. The molecule has 0 saturated carbocycles. The number of carbonyl (C=O) groups excluding carboxylic acids is 1. The van der Waals surface area contributed by atoms with Crippen LogP contribution < -0.4 is 10.5 Å². The highest BCUT2D eigenvalue weighted by Gasteiger charge is 2.54. The summed E-state index contributed by atoms with van der Waals surface area (Å²) in [4.78, 5) is 27.2. The summed E-state index contributed by atoms with van der Waals surface area (Å²) < 4.78 is 19.6. The third-order valence-electron chi connectivity index (χ3n) is 5.04. The fourth-order valence-electron chi connectivity index (χ4n) is 3.67. The van der Waals surface area contributed by atoms with Crippen molar-refractivity contribution in [2.45, 2.75) is 5.54 Å². The van der Waals surface area contributed by atoms with E-state index in [1.54, 1.807) is 49.9 Å². The van der Waals surface area contributed by atoms with Gasteiger partial charge in [0.1, 0.15) is 11.6 Å². The van der Waals surface area contributed by atoms with Crippen LogP contribution in [0.25, 0.3) is 11.1 Å². The Labute approximate surface area is 159 Å². The lowest BCUT2D eigenvalue weighted by atomic mass is 9.79. The van der Waals surface area contributed by atoms with Crippen molar-refractivity contribution in [1.82, 2.24) is 14.9 Å². The van der Waals surface area contributed by atoms with E-state index in [0.717, 1.165) is 6.20 Å². The molecule has 7 nitrogen and oxygen atoms in total. The summed E-state index contributed by atoms with van der Waals surface area (Å²) in [5.74, 6) is 0.274. The highest BCUT2D eigenvalue weighted by atomic mass is 19.1. The van der Waals surface area contributed by atoms with Gasteiger partial charge in [-0.1, -0.05) is 6.07 Å². The van der Waals surface area contributed by atoms with Gasteiger partial charge in [-0.15, -0.1) is 0 Å². The maximum atomic E-state index is 13.7. The molecule has 2 aliphatic rings. The smallest absolute Gasteiger partial charge is 0.266 e. The molecule has 1 amide bonds. The highest BCUT2D eigenvalue weighted by Crippen LogP contribution is 2.52. The third kappa shape index (κ3) is 2.08. The first-order chi connectivity index (χ1) is 13.5. The van der Waals surface area contributed by atoms with Crippen LogP contribution in [0.3, 0.4) is 0 Å². The highest BCUT2D eigenvalue weighted by molar-refractivity contribution is 6.10. The number of carbonyl (C=O) groups is 1. The molecule has 0 radical (unpaired) electrons. The van der Waals surface area contributed by atoms with Gasteiger partial charge in [-0.2, -0.15) is 0 Å². The van der Waals surface area contributed by atoms with E-state index in [2.05, 4.69) is 15.0 Å². The van der Waals surface area contributed by atoms with Gasteiger partial charge < -0.3 is 10.5 Å². The summed E-state index contributed by atoms with van der Waals surface area (Å²) in [6.45, 7) is 0. The number of benzene rings is 1. The number of pyridine rings is 2. The number of fused-ring (bicyclic) bond motifs is 4. The number of ether oxygens (including phenoxy) is 1. The van der Waals surface area contributed by atoms with E-state index in [4.69, 9.17) is 10.5 Å². The number of aliphatic imine (C=N–C) groups is 1. The molecule has 5 rings (SSSR count). The van der Waals surface area contributed by atoms with Gasteiger partial charge in [0.2, 0.25) is 5.54 Å². The molecule has 1 atom stereocenters. The zero-order chi connectivity index (χ0) is 19.5. The van der Waals surface area contributed by atoms with E-state index in [0.29, 0.717) is 33.8 Å². The average Bonchev–Trinajstić information content (AvgIpc) is 2.93. The largest absolute Gasteiger partial charge is 0.455 e. The van der Waals surface area contributed by atoms with Crippen molar-refractivity contribution in [3.05, 3.63) is 72.1 Å². The zero-order valence-corrected chi connectivity index (χ0v) is 14.8. The van der Waals surface area contributed by atoms with Crippen LogP contribution in [0.4, 0.5) is 4.39 Å². The Kier molecular flexibility index (Phi) is 3.27. The van der Waals surface area contributed by atoms with Gasteiger partial charge in [0.05, 0.1) is 12.4 Å². The molecule has 1 unspecified atom stereocenters. The van der Waals surface area contributed by atoms with Crippen LogP contribution in [0.1, 0.15) is 11.1 Å². The molecule has 3 aromatic rings. The Morgan fingerprint density at radius 3 is 2.64 bits per heavy atom. The average molecular weight is 375 g/mol. The zero-order valence-electron chi connectivity index (χ0n) is 14.8. The standard InChI is InChI=1S/C20H14FN5O2/c1-26-18(27)20(25-19(26)22)14-4-5-23-10-17(14)28-16-3-2-11(7-15(16)20)12-6-13(21)9-24-8-12/h2-10H,1H3,(H2,22,25). The Morgan fingerprint density at radius 2 is 1.89 bits per heavy atom. The molecule has 28 heavy (non-hydrogen) atoms. The number of hydrogen-bond donors (Lipinski definition) is 1. The Bertz CT molecular complexity index is 1180. The lowest BCUT2D eigenvalue weighted by molar-refractivity contribution is -0.129. The fourth-order valence-corrected chi connectivity index (χ4v) is 3.67. The quantitative estimate of drug-likeness (QED) is 0.705. The number of likely N-dealkylation sites (N-methyl/N-ethyl adjacent to an activating group) is 1. The minimum atomic E-state index is -1.37. The molecule has 8 heteroatoms. The summed E-state index contributed by atoms with van der Waals surface area (Å²) in [5, 5.41) is 0. The lowest BCUT2D eigenvalue weighted by Crippen LogP contribution is -2.42. The van der Waals surface area contributed by atoms with Crippen LogP contribution in [-0.4, -0.2) is 33.8 Å². The van der Waals surface area contributed by atoms with Gasteiger partial charge >= 0.3 is 0 Å². The molecule has 1 spiro atoms. The van der Waals surface area contributed by atoms with Crippen molar-refractivity contribution in [2.75, 3.05) is 7.05 Å². The topological polar surface area (TPSA) is 93.7 Å². The number of nitrogens with two attached hydrogens (primary N) is 1. The van der Waals surface area contributed by atoms with Crippen molar-refractivity contribution in [3.63, 3.8) is 0 Å². The third-order valence-corrected chi connectivity index (χ3v) is 5.04. The summed E-state index contributed by atoms with van der Waals surface area (Å²) in [6.07, 6.45) is 5.81. The fraction of sp³-hybridized carbons (Fsp3) is 0.100. The molecule has 0 fully saturated rings. The molecule has 1 aromatic carbocycles. The molecule has 138 valence electrons. The molecule has 0 bridgehead atoms. The lowest BCUT2D eigenvalue weighted by Gasteiger charge is -2.33. The minimum Gasteiger partial charge on any atom is -0.455 e. The molecular weight excluding hydrogens is 361 g/mol. The Balaban J connectivity index is 1.79. The maximum Gasteiger partial charge on any atom is 0.266 e. The van der Waals surface area contributed by atoms with E-state index in [-0.39, 0.29) is 11.9 Å². The second-order valence-electron chi connectivity index (χ2n) is 6.62. The molecule has 2 aromatic heterocycles. The molecule has 0 aliphatic carbocycles. The molecule has 2 N–H and O–H groups in total. The van der Waals surface area contributed by atoms with Gasteiger partial charge in [0.15, 0.2) is 11.7 Å². The van der Waals surface area contributed by atoms with Crippen LogP contribution in [0.2, 0.25) is 0 Å². The van der Waals surface area contributed by atoms with Crippen LogP contribution in [0.5, 0.6) is 11.5 Å². The van der Waals surface area contributed by atoms with E-state index >= 15 is 0 Å². The van der Waals surface area contributed by atoms with Crippen LogP contribution in [0, 0.1) is 5.82 Å². The molecular formula is C20H14FN5O2. The molecule has 4 heterocycles. The summed E-state index contributed by atoms with van der Waals surface area (Å²) in [7, 11) is 1.58.